The number of hydrogen-bond acceptors (Lipinski definition) is 4. The molecule has 2 N–H and O–H groups in total. The van der Waals surface area contributed by atoms with Crippen molar-refractivity contribution in [3.05, 3.63) is 30.1 Å². The van der Waals surface area contributed by atoms with Gasteiger partial charge in [-0.25, -0.2) is 0 Å². The third-order valence-electron chi connectivity index (χ3n) is 5.59. The summed E-state index contributed by atoms with van der Waals surface area (Å²) in [5.74, 6) is 0.465. The first-order valence-electron chi connectivity index (χ1n) is 9.33. The van der Waals surface area contributed by atoms with Crippen molar-refractivity contribution >= 4 is 0 Å². The fourth-order valence-electron chi connectivity index (χ4n) is 4.13. The number of hydrogen-bond donors (Lipinski definition) is 2. The molecule has 0 spiro atoms. The SMILES string of the molecule is OCC1CCCCCC1NC1CCN(Cc2ccncc2)CC1. The first-order chi connectivity index (χ1) is 11.3. The van der Waals surface area contributed by atoms with Gasteiger partial charge in [0.2, 0.25) is 0 Å². The molecule has 1 aliphatic carbocycles. The van der Waals surface area contributed by atoms with Crippen LogP contribution in [-0.4, -0.2) is 46.8 Å². The van der Waals surface area contributed by atoms with Crippen LogP contribution in [0.4, 0.5) is 0 Å². The molecular formula is C19H31N3O. The van der Waals surface area contributed by atoms with Gasteiger partial charge in [0.1, 0.15) is 0 Å². The summed E-state index contributed by atoms with van der Waals surface area (Å²) in [4.78, 5) is 6.64. The van der Waals surface area contributed by atoms with Gasteiger partial charge in [0.25, 0.3) is 0 Å². The second-order valence-corrected chi connectivity index (χ2v) is 7.26. The summed E-state index contributed by atoms with van der Waals surface area (Å²) < 4.78 is 0. The van der Waals surface area contributed by atoms with Gasteiger partial charge in [-0.15, -0.1) is 0 Å². The number of rotatable bonds is 5. The second kappa shape index (κ2) is 8.76. The minimum absolute atomic E-state index is 0.346. The number of aromatic nitrogens is 1. The van der Waals surface area contributed by atoms with E-state index in [1.807, 2.05) is 12.4 Å². The summed E-state index contributed by atoms with van der Waals surface area (Å²) in [6, 6.07) is 5.38. The molecule has 3 rings (SSSR count). The Balaban J connectivity index is 1.45. The molecule has 4 heteroatoms. The number of likely N-dealkylation sites (tertiary alicyclic amines) is 1. The lowest BCUT2D eigenvalue weighted by atomic mass is 9.93. The molecule has 23 heavy (non-hydrogen) atoms. The lowest BCUT2D eigenvalue weighted by Crippen LogP contribution is -2.48. The van der Waals surface area contributed by atoms with E-state index in [1.165, 1.54) is 50.5 Å². The minimum atomic E-state index is 0.346. The van der Waals surface area contributed by atoms with Gasteiger partial charge in [-0.05, 0) is 62.4 Å². The molecule has 0 radical (unpaired) electrons. The summed E-state index contributed by atoms with van der Waals surface area (Å²) in [5.41, 5.74) is 1.36. The van der Waals surface area contributed by atoms with Crippen molar-refractivity contribution in [3.8, 4) is 0 Å². The summed E-state index contributed by atoms with van der Waals surface area (Å²) in [6.45, 7) is 3.71. The van der Waals surface area contributed by atoms with Crippen LogP contribution in [0.15, 0.2) is 24.5 Å². The summed E-state index contributed by atoms with van der Waals surface area (Å²) >= 11 is 0. The number of nitrogens with one attached hydrogen (secondary N) is 1. The summed E-state index contributed by atoms with van der Waals surface area (Å²) in [5, 5.41) is 13.6. The van der Waals surface area contributed by atoms with E-state index in [9.17, 15) is 5.11 Å². The third kappa shape index (κ3) is 5.00. The Morgan fingerprint density at radius 1 is 1.04 bits per heavy atom. The van der Waals surface area contributed by atoms with Gasteiger partial charge in [-0.1, -0.05) is 19.3 Å². The molecule has 1 aromatic rings. The van der Waals surface area contributed by atoms with E-state index in [0.717, 1.165) is 19.6 Å². The smallest absolute Gasteiger partial charge is 0.0474 e. The first kappa shape index (κ1) is 16.9. The van der Waals surface area contributed by atoms with Crippen LogP contribution in [-0.2, 0) is 6.54 Å². The normalized spacial score (nSPS) is 27.7. The topological polar surface area (TPSA) is 48.4 Å². The van der Waals surface area contributed by atoms with Gasteiger partial charge in [0, 0.05) is 37.6 Å². The fourth-order valence-corrected chi connectivity index (χ4v) is 4.13. The molecule has 2 unspecified atom stereocenters. The maximum atomic E-state index is 9.67. The minimum Gasteiger partial charge on any atom is -0.396 e. The van der Waals surface area contributed by atoms with Crippen LogP contribution in [0.5, 0.6) is 0 Å². The molecule has 128 valence electrons. The monoisotopic (exact) mass is 317 g/mol. The van der Waals surface area contributed by atoms with Crippen LogP contribution >= 0.6 is 0 Å². The lowest BCUT2D eigenvalue weighted by Gasteiger charge is -2.36. The highest BCUT2D eigenvalue weighted by Gasteiger charge is 2.27. The van der Waals surface area contributed by atoms with E-state index < -0.39 is 0 Å². The summed E-state index contributed by atoms with van der Waals surface area (Å²) in [6.07, 6.45) is 12.6. The van der Waals surface area contributed by atoms with Crippen molar-refractivity contribution in [2.75, 3.05) is 19.7 Å². The average molecular weight is 317 g/mol. The van der Waals surface area contributed by atoms with Crippen molar-refractivity contribution < 1.29 is 5.11 Å². The third-order valence-corrected chi connectivity index (χ3v) is 5.59. The van der Waals surface area contributed by atoms with E-state index in [-0.39, 0.29) is 0 Å². The molecule has 0 amide bonds. The largest absolute Gasteiger partial charge is 0.396 e. The molecule has 1 aromatic heterocycles. The van der Waals surface area contributed by atoms with Gasteiger partial charge in [0.15, 0.2) is 0 Å². The Bertz CT molecular complexity index is 445. The highest BCUT2D eigenvalue weighted by molar-refractivity contribution is 5.09. The van der Waals surface area contributed by atoms with E-state index in [2.05, 4.69) is 27.3 Å². The van der Waals surface area contributed by atoms with Gasteiger partial charge < -0.3 is 10.4 Å². The number of nitrogens with zero attached hydrogens (tertiary/aromatic N) is 2. The Morgan fingerprint density at radius 2 is 1.78 bits per heavy atom. The Morgan fingerprint density at radius 3 is 2.52 bits per heavy atom. The van der Waals surface area contributed by atoms with Gasteiger partial charge in [0.05, 0.1) is 0 Å². The zero-order valence-corrected chi connectivity index (χ0v) is 14.2. The number of pyridine rings is 1. The Kier molecular flexibility index (Phi) is 6.43. The van der Waals surface area contributed by atoms with Crippen molar-refractivity contribution in [1.82, 2.24) is 15.2 Å². The first-order valence-corrected chi connectivity index (χ1v) is 9.33. The number of aliphatic hydroxyl groups is 1. The van der Waals surface area contributed by atoms with Crippen LogP contribution < -0.4 is 5.32 Å². The molecule has 4 nitrogen and oxygen atoms in total. The Labute approximate surface area is 140 Å². The molecule has 1 aliphatic heterocycles. The summed E-state index contributed by atoms with van der Waals surface area (Å²) in [7, 11) is 0. The molecule has 2 heterocycles. The van der Waals surface area contributed by atoms with Crippen molar-refractivity contribution in [2.24, 2.45) is 5.92 Å². The highest BCUT2D eigenvalue weighted by atomic mass is 16.3. The van der Waals surface area contributed by atoms with Crippen molar-refractivity contribution in [2.45, 2.75) is 63.6 Å². The van der Waals surface area contributed by atoms with E-state index in [0.29, 0.717) is 24.6 Å². The molecule has 1 saturated heterocycles. The van der Waals surface area contributed by atoms with Crippen LogP contribution in [0.3, 0.4) is 0 Å². The molecule has 2 aliphatic rings. The van der Waals surface area contributed by atoms with Crippen LogP contribution in [0.1, 0.15) is 50.5 Å². The van der Waals surface area contributed by atoms with E-state index in [1.54, 1.807) is 0 Å². The lowest BCUT2D eigenvalue weighted by molar-refractivity contribution is 0.146. The zero-order chi connectivity index (χ0) is 15.9. The molecule has 2 fully saturated rings. The van der Waals surface area contributed by atoms with E-state index >= 15 is 0 Å². The molecule has 1 saturated carbocycles. The quantitative estimate of drug-likeness (QED) is 0.820. The van der Waals surface area contributed by atoms with Crippen LogP contribution in [0.2, 0.25) is 0 Å². The molecular weight excluding hydrogens is 286 g/mol. The second-order valence-electron chi connectivity index (χ2n) is 7.26. The van der Waals surface area contributed by atoms with Gasteiger partial charge in [-0.2, -0.15) is 0 Å². The van der Waals surface area contributed by atoms with E-state index in [4.69, 9.17) is 0 Å². The molecule has 2 atom stereocenters. The number of piperidine rings is 1. The van der Waals surface area contributed by atoms with Crippen LogP contribution in [0, 0.1) is 5.92 Å². The Hall–Kier alpha value is -0.970. The predicted octanol–water partition coefficient (Wildman–Crippen LogP) is 2.58. The average Bonchev–Trinajstić information content (AvgIpc) is 2.82. The fraction of sp³-hybridized carbons (Fsp3) is 0.737. The standard InChI is InChI=1S/C19H31N3O/c23-15-17-4-2-1-3-5-19(17)21-18-8-12-22(13-9-18)14-16-6-10-20-11-7-16/h6-7,10-11,17-19,21,23H,1-5,8-9,12-15H2. The van der Waals surface area contributed by atoms with Crippen molar-refractivity contribution in [1.29, 1.82) is 0 Å². The number of aliphatic hydroxyl groups excluding tert-OH is 1. The predicted molar refractivity (Wildman–Crippen MR) is 93.1 cm³/mol. The zero-order valence-electron chi connectivity index (χ0n) is 14.2. The highest BCUT2D eigenvalue weighted by Crippen LogP contribution is 2.25. The van der Waals surface area contributed by atoms with Crippen LogP contribution in [0.25, 0.3) is 0 Å². The van der Waals surface area contributed by atoms with Gasteiger partial charge in [-0.3, -0.25) is 9.88 Å². The molecule has 0 aromatic carbocycles. The maximum absolute atomic E-state index is 9.67. The molecule has 0 bridgehead atoms. The maximum Gasteiger partial charge on any atom is 0.0474 e. The van der Waals surface area contributed by atoms with Crippen molar-refractivity contribution in [3.63, 3.8) is 0 Å². The van der Waals surface area contributed by atoms with Gasteiger partial charge >= 0.3 is 0 Å².